The molecule has 1 amide bonds. The third-order valence-corrected chi connectivity index (χ3v) is 4.25. The van der Waals surface area contributed by atoms with Gasteiger partial charge in [0.05, 0.1) is 0 Å². The molecule has 4 nitrogen and oxygen atoms in total. The van der Waals surface area contributed by atoms with E-state index in [2.05, 4.69) is 10.6 Å². The lowest BCUT2D eigenvalue weighted by molar-refractivity contribution is 0.0724. The summed E-state index contributed by atoms with van der Waals surface area (Å²) in [6.07, 6.45) is 3.40. The SMILES string of the molecule is O=C(c1cccc(NC(=S)Nc2ccccc2)c1)N1CCCCC1. The number of piperidine rings is 1. The molecule has 2 N–H and O–H groups in total. The maximum absolute atomic E-state index is 12.6. The molecule has 0 saturated carbocycles. The molecule has 2 aromatic rings. The molecule has 0 spiro atoms. The lowest BCUT2D eigenvalue weighted by Crippen LogP contribution is -2.35. The number of benzene rings is 2. The molecule has 5 heteroatoms. The second-order valence-electron chi connectivity index (χ2n) is 5.88. The summed E-state index contributed by atoms with van der Waals surface area (Å²) < 4.78 is 0. The van der Waals surface area contributed by atoms with Crippen LogP contribution in [-0.4, -0.2) is 29.0 Å². The first-order valence-electron chi connectivity index (χ1n) is 8.25. The zero-order chi connectivity index (χ0) is 16.8. The number of thiocarbonyl (C=S) groups is 1. The first-order valence-corrected chi connectivity index (χ1v) is 8.65. The maximum Gasteiger partial charge on any atom is 0.253 e. The molecule has 0 atom stereocenters. The molecule has 1 aliphatic rings. The van der Waals surface area contributed by atoms with Crippen LogP contribution < -0.4 is 10.6 Å². The van der Waals surface area contributed by atoms with E-state index in [0.29, 0.717) is 10.7 Å². The lowest BCUT2D eigenvalue weighted by atomic mass is 10.1. The number of hydrogen-bond donors (Lipinski definition) is 2. The first kappa shape index (κ1) is 16.5. The molecule has 3 rings (SSSR count). The summed E-state index contributed by atoms with van der Waals surface area (Å²) >= 11 is 5.33. The minimum absolute atomic E-state index is 0.0975. The standard InChI is InChI=1S/C19H21N3OS/c23-18(22-12-5-2-6-13-22)15-8-7-11-17(14-15)21-19(24)20-16-9-3-1-4-10-16/h1,3-4,7-11,14H,2,5-6,12-13H2,(H2,20,21,24). The second kappa shape index (κ2) is 7.93. The fourth-order valence-corrected chi connectivity index (χ4v) is 3.06. The van der Waals surface area contributed by atoms with Gasteiger partial charge in [0.1, 0.15) is 0 Å². The topological polar surface area (TPSA) is 44.4 Å². The van der Waals surface area contributed by atoms with E-state index in [-0.39, 0.29) is 5.91 Å². The molecule has 0 unspecified atom stereocenters. The third kappa shape index (κ3) is 4.32. The van der Waals surface area contributed by atoms with Crippen LogP contribution >= 0.6 is 12.2 Å². The fraction of sp³-hybridized carbons (Fsp3) is 0.263. The molecule has 1 saturated heterocycles. The molecule has 0 radical (unpaired) electrons. The Labute approximate surface area is 147 Å². The molecule has 0 bridgehead atoms. The van der Waals surface area contributed by atoms with Crippen molar-refractivity contribution in [2.24, 2.45) is 0 Å². The maximum atomic E-state index is 12.6. The van der Waals surface area contributed by atoms with Gasteiger partial charge in [-0.1, -0.05) is 24.3 Å². The molecular weight excluding hydrogens is 318 g/mol. The van der Waals surface area contributed by atoms with E-state index < -0.39 is 0 Å². The smallest absolute Gasteiger partial charge is 0.253 e. The number of nitrogens with zero attached hydrogens (tertiary/aromatic N) is 1. The number of carbonyl (C=O) groups excluding carboxylic acids is 1. The van der Waals surface area contributed by atoms with E-state index >= 15 is 0 Å². The first-order chi connectivity index (χ1) is 11.7. The van der Waals surface area contributed by atoms with Gasteiger partial charge in [0.25, 0.3) is 5.91 Å². The Morgan fingerprint density at radius 3 is 2.29 bits per heavy atom. The summed E-state index contributed by atoms with van der Waals surface area (Å²) in [5.74, 6) is 0.0975. The van der Waals surface area contributed by atoms with Crippen LogP contribution in [0, 0.1) is 0 Å². The van der Waals surface area contributed by atoms with Crippen LogP contribution in [-0.2, 0) is 0 Å². The molecule has 0 aliphatic carbocycles. The van der Waals surface area contributed by atoms with Crippen LogP contribution in [0.25, 0.3) is 0 Å². The van der Waals surface area contributed by atoms with Gasteiger partial charge in [-0.3, -0.25) is 4.79 Å². The van der Waals surface area contributed by atoms with Crippen LogP contribution in [0.5, 0.6) is 0 Å². The molecule has 1 aliphatic heterocycles. The number of hydrogen-bond acceptors (Lipinski definition) is 2. The Hall–Kier alpha value is -2.40. The Bertz CT molecular complexity index is 712. The van der Waals surface area contributed by atoms with Gasteiger partial charge in [-0.2, -0.15) is 0 Å². The van der Waals surface area contributed by atoms with Crippen molar-refractivity contribution in [2.45, 2.75) is 19.3 Å². The van der Waals surface area contributed by atoms with Crippen molar-refractivity contribution < 1.29 is 4.79 Å². The number of carbonyl (C=O) groups is 1. The van der Waals surface area contributed by atoms with Crippen molar-refractivity contribution in [2.75, 3.05) is 23.7 Å². The highest BCUT2D eigenvalue weighted by atomic mass is 32.1. The van der Waals surface area contributed by atoms with Gasteiger partial charge in [0.15, 0.2) is 5.11 Å². The van der Waals surface area contributed by atoms with Crippen LogP contribution in [0.4, 0.5) is 11.4 Å². The van der Waals surface area contributed by atoms with E-state index in [9.17, 15) is 4.79 Å². The van der Waals surface area contributed by atoms with Gasteiger partial charge in [0.2, 0.25) is 0 Å². The average Bonchev–Trinajstić information content (AvgIpc) is 2.63. The van der Waals surface area contributed by atoms with Gasteiger partial charge in [-0.25, -0.2) is 0 Å². The van der Waals surface area contributed by atoms with Gasteiger partial charge < -0.3 is 15.5 Å². The fourth-order valence-electron chi connectivity index (χ4n) is 2.82. The molecule has 24 heavy (non-hydrogen) atoms. The molecule has 0 aromatic heterocycles. The minimum Gasteiger partial charge on any atom is -0.339 e. The van der Waals surface area contributed by atoms with Gasteiger partial charge in [0, 0.05) is 30.0 Å². The highest BCUT2D eigenvalue weighted by Crippen LogP contribution is 2.17. The van der Waals surface area contributed by atoms with E-state index in [0.717, 1.165) is 37.3 Å². The molecular formula is C19H21N3OS. The quantitative estimate of drug-likeness (QED) is 0.826. The van der Waals surface area contributed by atoms with Crippen molar-refractivity contribution in [1.82, 2.24) is 4.90 Å². The summed E-state index contributed by atoms with van der Waals surface area (Å²) in [5.41, 5.74) is 2.44. The van der Waals surface area contributed by atoms with Crippen LogP contribution in [0.3, 0.4) is 0 Å². The minimum atomic E-state index is 0.0975. The summed E-state index contributed by atoms with van der Waals surface area (Å²) in [6.45, 7) is 1.70. The number of rotatable bonds is 3. The van der Waals surface area contributed by atoms with Crippen LogP contribution in [0.15, 0.2) is 54.6 Å². The Balaban J connectivity index is 1.64. The van der Waals surface area contributed by atoms with Gasteiger partial charge >= 0.3 is 0 Å². The third-order valence-electron chi connectivity index (χ3n) is 4.04. The number of likely N-dealkylation sites (tertiary alicyclic amines) is 1. The van der Waals surface area contributed by atoms with Gasteiger partial charge in [-0.05, 0) is 61.8 Å². The predicted octanol–water partition coefficient (Wildman–Crippen LogP) is 4.12. The highest BCUT2D eigenvalue weighted by Gasteiger charge is 2.18. The van der Waals surface area contributed by atoms with Crippen LogP contribution in [0.1, 0.15) is 29.6 Å². The van der Waals surface area contributed by atoms with Crippen molar-refractivity contribution in [1.29, 1.82) is 0 Å². The summed E-state index contributed by atoms with van der Waals surface area (Å²) in [7, 11) is 0. The zero-order valence-corrected chi connectivity index (χ0v) is 14.3. The number of nitrogens with one attached hydrogen (secondary N) is 2. The predicted molar refractivity (Wildman–Crippen MR) is 102 cm³/mol. The van der Waals surface area contributed by atoms with Crippen molar-refractivity contribution in [3.05, 3.63) is 60.2 Å². The number of amides is 1. The normalized spacial score (nSPS) is 14.1. The summed E-state index contributed by atoms with van der Waals surface area (Å²) in [4.78, 5) is 14.5. The van der Waals surface area contributed by atoms with Crippen LogP contribution in [0.2, 0.25) is 0 Å². The van der Waals surface area contributed by atoms with E-state index in [1.807, 2.05) is 59.5 Å². The van der Waals surface area contributed by atoms with E-state index in [4.69, 9.17) is 12.2 Å². The van der Waals surface area contributed by atoms with E-state index in [1.165, 1.54) is 6.42 Å². The number of para-hydroxylation sites is 1. The largest absolute Gasteiger partial charge is 0.339 e. The molecule has 1 fully saturated rings. The van der Waals surface area contributed by atoms with Crippen molar-refractivity contribution in [3.63, 3.8) is 0 Å². The summed E-state index contributed by atoms with van der Waals surface area (Å²) in [6, 6.07) is 17.2. The summed E-state index contributed by atoms with van der Waals surface area (Å²) in [5, 5.41) is 6.77. The highest BCUT2D eigenvalue weighted by molar-refractivity contribution is 7.80. The second-order valence-corrected chi connectivity index (χ2v) is 6.29. The lowest BCUT2D eigenvalue weighted by Gasteiger charge is -2.26. The van der Waals surface area contributed by atoms with Crippen molar-refractivity contribution in [3.8, 4) is 0 Å². The average molecular weight is 339 g/mol. The monoisotopic (exact) mass is 339 g/mol. The number of anilines is 2. The zero-order valence-electron chi connectivity index (χ0n) is 13.5. The van der Waals surface area contributed by atoms with Crippen molar-refractivity contribution >= 4 is 34.6 Å². The van der Waals surface area contributed by atoms with Gasteiger partial charge in [-0.15, -0.1) is 0 Å². The van der Waals surface area contributed by atoms with E-state index in [1.54, 1.807) is 0 Å². The molecule has 2 aromatic carbocycles. The Kier molecular flexibility index (Phi) is 5.43. The molecule has 1 heterocycles. The Morgan fingerprint density at radius 1 is 0.875 bits per heavy atom. The molecule has 124 valence electrons. The Morgan fingerprint density at radius 2 is 1.54 bits per heavy atom.